The minimum absolute atomic E-state index is 0.160. The molecule has 1 rings (SSSR count). The molecule has 0 spiro atoms. The van der Waals surface area contributed by atoms with Gasteiger partial charge in [0.25, 0.3) is 0 Å². The molecule has 0 radical (unpaired) electrons. The van der Waals surface area contributed by atoms with E-state index in [1.807, 2.05) is 0 Å². The molecule has 4 nitrogen and oxygen atoms in total. The van der Waals surface area contributed by atoms with Gasteiger partial charge in [-0.15, -0.1) is 0 Å². The van der Waals surface area contributed by atoms with E-state index in [-0.39, 0.29) is 6.54 Å². The number of benzene rings is 1. The van der Waals surface area contributed by atoms with Gasteiger partial charge in [-0.25, -0.2) is 13.1 Å². The first-order chi connectivity index (χ1) is 8.66. The molecule has 0 fully saturated rings. The summed E-state index contributed by atoms with van der Waals surface area (Å²) in [5, 5.41) is 7.28. The average Bonchev–Trinajstić information content (AvgIpc) is 2.35. The maximum atomic E-state index is 12.3. The van der Waals surface area contributed by atoms with Gasteiger partial charge in [-0.2, -0.15) is 18.4 Å². The molecule has 1 unspecified atom stereocenters. The van der Waals surface area contributed by atoms with Crippen LogP contribution in [0.5, 0.6) is 0 Å². The Kier molecular flexibility index (Phi) is 4.55. The Morgan fingerprint density at radius 2 is 1.84 bits per heavy atom. The monoisotopic (exact) mass is 292 g/mol. The first-order valence-electron chi connectivity index (χ1n) is 5.21. The SMILES string of the molecule is CC(C#N)S(=O)(=O)NCc1ccc(C(F)(F)F)cc1. The molecule has 0 heterocycles. The Morgan fingerprint density at radius 1 is 1.32 bits per heavy atom. The molecule has 0 bridgehead atoms. The van der Waals surface area contributed by atoms with Crippen LogP contribution in [0.25, 0.3) is 0 Å². The number of nitrogens with one attached hydrogen (secondary N) is 1. The average molecular weight is 292 g/mol. The Hall–Kier alpha value is -1.59. The normalized spacial score (nSPS) is 13.8. The van der Waals surface area contributed by atoms with Gasteiger partial charge in [0.15, 0.2) is 5.25 Å². The van der Waals surface area contributed by atoms with Gasteiger partial charge >= 0.3 is 6.18 Å². The molecule has 8 heteroatoms. The van der Waals surface area contributed by atoms with Gasteiger partial charge in [-0.05, 0) is 24.6 Å². The van der Waals surface area contributed by atoms with Gasteiger partial charge in [0, 0.05) is 6.54 Å². The van der Waals surface area contributed by atoms with Gasteiger partial charge in [0.2, 0.25) is 10.0 Å². The van der Waals surface area contributed by atoms with Crippen LogP contribution in [0.4, 0.5) is 13.2 Å². The van der Waals surface area contributed by atoms with Crippen molar-refractivity contribution in [1.29, 1.82) is 5.26 Å². The fourth-order valence-corrected chi connectivity index (χ4v) is 1.95. The van der Waals surface area contributed by atoms with E-state index in [2.05, 4.69) is 4.72 Å². The molecular weight excluding hydrogens is 281 g/mol. The van der Waals surface area contributed by atoms with Gasteiger partial charge in [-0.3, -0.25) is 0 Å². The molecule has 0 saturated heterocycles. The lowest BCUT2D eigenvalue weighted by Crippen LogP contribution is -2.31. The van der Waals surface area contributed by atoms with Crippen LogP contribution in [0.2, 0.25) is 0 Å². The number of alkyl halides is 3. The minimum atomic E-state index is -4.42. The molecule has 0 aliphatic carbocycles. The molecule has 0 saturated carbocycles. The number of hydrogen-bond acceptors (Lipinski definition) is 3. The summed E-state index contributed by atoms with van der Waals surface area (Å²) in [5.41, 5.74) is -0.425. The smallest absolute Gasteiger partial charge is 0.211 e. The third-order valence-corrected chi connectivity index (χ3v) is 3.99. The maximum absolute atomic E-state index is 12.3. The van der Waals surface area contributed by atoms with Crippen molar-refractivity contribution in [1.82, 2.24) is 4.72 Å². The van der Waals surface area contributed by atoms with E-state index >= 15 is 0 Å². The van der Waals surface area contributed by atoms with E-state index in [1.54, 1.807) is 6.07 Å². The third kappa shape index (κ3) is 4.22. The van der Waals surface area contributed by atoms with Gasteiger partial charge in [0.05, 0.1) is 11.6 Å². The highest BCUT2D eigenvalue weighted by Crippen LogP contribution is 2.29. The summed E-state index contributed by atoms with van der Waals surface area (Å²) in [7, 11) is -3.78. The predicted octanol–water partition coefficient (Wildman–Crippen LogP) is 2.04. The van der Waals surface area contributed by atoms with Crippen LogP contribution in [0.1, 0.15) is 18.1 Å². The summed E-state index contributed by atoms with van der Waals surface area (Å²) < 4.78 is 61.9. The van der Waals surface area contributed by atoms with Crippen LogP contribution in [0.3, 0.4) is 0 Å². The molecule has 1 atom stereocenters. The van der Waals surface area contributed by atoms with E-state index in [9.17, 15) is 21.6 Å². The molecular formula is C11H11F3N2O2S. The lowest BCUT2D eigenvalue weighted by Gasteiger charge is -2.09. The topological polar surface area (TPSA) is 70.0 Å². The highest BCUT2D eigenvalue weighted by molar-refractivity contribution is 7.90. The van der Waals surface area contributed by atoms with Crippen LogP contribution in [0.15, 0.2) is 24.3 Å². The zero-order valence-corrected chi connectivity index (χ0v) is 10.7. The van der Waals surface area contributed by atoms with Crippen molar-refractivity contribution < 1.29 is 21.6 Å². The van der Waals surface area contributed by atoms with Crippen molar-refractivity contribution >= 4 is 10.0 Å². The number of halogens is 3. The Balaban J connectivity index is 2.74. The van der Waals surface area contributed by atoms with Gasteiger partial charge in [0.1, 0.15) is 0 Å². The van der Waals surface area contributed by atoms with Crippen molar-refractivity contribution in [2.45, 2.75) is 24.9 Å². The summed E-state index contributed by atoms with van der Waals surface area (Å²) in [5.74, 6) is 0. The Bertz CT molecular complexity index is 573. The third-order valence-electron chi connectivity index (χ3n) is 2.41. The van der Waals surface area contributed by atoms with E-state index in [0.717, 1.165) is 12.1 Å². The van der Waals surface area contributed by atoms with E-state index in [4.69, 9.17) is 5.26 Å². The lowest BCUT2D eigenvalue weighted by molar-refractivity contribution is -0.137. The lowest BCUT2D eigenvalue weighted by atomic mass is 10.1. The zero-order valence-electron chi connectivity index (χ0n) is 9.90. The maximum Gasteiger partial charge on any atom is 0.416 e. The summed E-state index contributed by atoms with van der Waals surface area (Å²) in [6.45, 7) is 1.06. The molecule has 0 aliphatic rings. The van der Waals surface area contributed by atoms with E-state index in [1.165, 1.54) is 19.1 Å². The first-order valence-corrected chi connectivity index (χ1v) is 6.75. The Labute approximate surface area is 108 Å². The quantitative estimate of drug-likeness (QED) is 0.923. The highest BCUT2D eigenvalue weighted by atomic mass is 32.2. The van der Waals surface area contributed by atoms with Crippen LogP contribution < -0.4 is 4.72 Å². The van der Waals surface area contributed by atoms with Gasteiger partial charge in [-0.1, -0.05) is 12.1 Å². The first kappa shape index (κ1) is 15.5. The number of rotatable bonds is 4. The van der Waals surface area contributed by atoms with Gasteiger partial charge < -0.3 is 0 Å². The largest absolute Gasteiger partial charge is 0.416 e. The second kappa shape index (κ2) is 5.59. The molecule has 104 valence electrons. The summed E-state index contributed by atoms with van der Waals surface area (Å²) in [6.07, 6.45) is -4.42. The summed E-state index contributed by atoms with van der Waals surface area (Å²) in [4.78, 5) is 0. The van der Waals surface area contributed by atoms with Crippen LogP contribution >= 0.6 is 0 Å². The fourth-order valence-electron chi connectivity index (χ4n) is 1.19. The second-order valence-electron chi connectivity index (χ2n) is 3.83. The number of sulfonamides is 1. The zero-order chi connectivity index (χ0) is 14.7. The van der Waals surface area contributed by atoms with Crippen LogP contribution in [0, 0.1) is 11.3 Å². The van der Waals surface area contributed by atoms with Crippen molar-refractivity contribution in [2.75, 3.05) is 0 Å². The highest BCUT2D eigenvalue weighted by Gasteiger charge is 2.30. The second-order valence-corrected chi connectivity index (χ2v) is 5.92. The molecule has 0 amide bonds. The van der Waals surface area contributed by atoms with E-state index in [0.29, 0.717) is 5.56 Å². The van der Waals surface area contributed by atoms with Crippen LogP contribution in [-0.4, -0.2) is 13.7 Å². The van der Waals surface area contributed by atoms with E-state index < -0.39 is 27.0 Å². The van der Waals surface area contributed by atoms with Crippen molar-refractivity contribution in [3.05, 3.63) is 35.4 Å². The molecule has 1 aromatic rings. The molecule has 1 aromatic carbocycles. The number of nitrogens with zero attached hydrogens (tertiary/aromatic N) is 1. The molecule has 19 heavy (non-hydrogen) atoms. The Morgan fingerprint density at radius 3 is 2.26 bits per heavy atom. The standard InChI is InChI=1S/C11H11F3N2O2S/c1-8(6-15)19(17,18)16-7-9-2-4-10(5-3-9)11(12,13)14/h2-5,8,16H,7H2,1H3. The van der Waals surface area contributed by atoms with Crippen molar-refractivity contribution in [3.8, 4) is 6.07 Å². The summed E-state index contributed by atoms with van der Waals surface area (Å²) in [6, 6.07) is 5.68. The minimum Gasteiger partial charge on any atom is -0.211 e. The number of nitriles is 1. The van der Waals surface area contributed by atoms with Crippen LogP contribution in [-0.2, 0) is 22.7 Å². The van der Waals surface area contributed by atoms with Crippen molar-refractivity contribution in [3.63, 3.8) is 0 Å². The molecule has 0 aromatic heterocycles. The number of hydrogen-bond donors (Lipinski definition) is 1. The summed E-state index contributed by atoms with van der Waals surface area (Å²) >= 11 is 0. The molecule has 0 aliphatic heterocycles. The predicted molar refractivity (Wildman–Crippen MR) is 62.3 cm³/mol. The molecule has 1 N–H and O–H groups in total. The van der Waals surface area contributed by atoms with Crippen molar-refractivity contribution in [2.24, 2.45) is 0 Å². The fraction of sp³-hybridized carbons (Fsp3) is 0.364.